The lowest BCUT2D eigenvalue weighted by molar-refractivity contribution is -0.142. The van der Waals surface area contributed by atoms with Crippen LogP contribution in [0.4, 0.5) is 0 Å². The van der Waals surface area contributed by atoms with E-state index in [1.165, 1.54) is 11.1 Å². The molecule has 0 bridgehead atoms. The molecule has 1 fully saturated rings. The van der Waals surface area contributed by atoms with E-state index >= 15 is 0 Å². The van der Waals surface area contributed by atoms with Crippen molar-refractivity contribution in [1.29, 1.82) is 0 Å². The Morgan fingerprint density at radius 2 is 2.05 bits per heavy atom. The van der Waals surface area contributed by atoms with Crippen molar-refractivity contribution in [2.75, 3.05) is 0 Å². The van der Waals surface area contributed by atoms with Gasteiger partial charge in [0.1, 0.15) is 0 Å². The van der Waals surface area contributed by atoms with Crippen LogP contribution in [0.5, 0.6) is 0 Å². The summed E-state index contributed by atoms with van der Waals surface area (Å²) < 4.78 is 0. The number of amides is 1. The molecule has 0 radical (unpaired) electrons. The van der Waals surface area contributed by atoms with E-state index in [1.54, 1.807) is 13.8 Å². The highest BCUT2D eigenvalue weighted by Gasteiger charge is 2.61. The standard InChI is InChI=1S/C17H21NO3/c1-10(16(20)21)11(2)18-15(19)14-9-17(14)8-7-12-5-3-4-6-13(12)17/h3-6,10-11,14H,7-9H2,1-2H3,(H,18,19)(H,20,21). The Bertz CT molecular complexity index is 597. The van der Waals surface area contributed by atoms with Crippen LogP contribution in [0.1, 0.15) is 37.8 Å². The monoisotopic (exact) mass is 287 g/mol. The molecule has 1 saturated carbocycles. The molecule has 2 N–H and O–H groups in total. The normalized spacial score (nSPS) is 28.8. The lowest BCUT2D eigenvalue weighted by Crippen LogP contribution is -2.41. The zero-order valence-corrected chi connectivity index (χ0v) is 12.4. The molecule has 0 saturated heterocycles. The van der Waals surface area contributed by atoms with Gasteiger partial charge in [0.2, 0.25) is 5.91 Å². The van der Waals surface area contributed by atoms with Crippen molar-refractivity contribution in [2.45, 2.75) is 44.6 Å². The number of carboxylic acid groups (broad SMARTS) is 1. The van der Waals surface area contributed by atoms with Crippen LogP contribution in [0.3, 0.4) is 0 Å². The molecule has 0 aromatic heterocycles. The van der Waals surface area contributed by atoms with Crippen molar-refractivity contribution < 1.29 is 14.7 Å². The van der Waals surface area contributed by atoms with Gasteiger partial charge in [-0.05, 0) is 44.2 Å². The number of aliphatic carboxylic acids is 1. The number of hydrogen-bond donors (Lipinski definition) is 2. The fraction of sp³-hybridized carbons (Fsp3) is 0.529. The van der Waals surface area contributed by atoms with Crippen molar-refractivity contribution in [3.63, 3.8) is 0 Å². The van der Waals surface area contributed by atoms with E-state index in [2.05, 4.69) is 17.4 Å². The SMILES string of the molecule is CC(NC(=O)C1CC12CCc1ccccc12)C(C)C(=O)O. The molecule has 4 unspecified atom stereocenters. The molecule has 4 heteroatoms. The third-order valence-electron chi connectivity index (χ3n) is 5.30. The van der Waals surface area contributed by atoms with Gasteiger partial charge in [0.25, 0.3) is 0 Å². The number of rotatable bonds is 4. The summed E-state index contributed by atoms with van der Waals surface area (Å²) in [6, 6.07) is 8.02. The Morgan fingerprint density at radius 3 is 2.76 bits per heavy atom. The molecule has 0 heterocycles. The fourth-order valence-electron chi connectivity index (χ4n) is 3.60. The van der Waals surface area contributed by atoms with E-state index in [4.69, 9.17) is 5.11 Å². The molecule has 2 aliphatic carbocycles. The average molecular weight is 287 g/mol. The third kappa shape index (κ3) is 2.23. The van der Waals surface area contributed by atoms with E-state index in [-0.39, 0.29) is 23.3 Å². The molecular formula is C17H21NO3. The molecule has 0 aliphatic heterocycles. The van der Waals surface area contributed by atoms with Gasteiger partial charge in [-0.2, -0.15) is 0 Å². The summed E-state index contributed by atoms with van der Waals surface area (Å²) in [5.74, 6) is -1.43. The lowest BCUT2D eigenvalue weighted by atomic mass is 9.95. The quantitative estimate of drug-likeness (QED) is 0.891. The van der Waals surface area contributed by atoms with Gasteiger partial charge in [-0.15, -0.1) is 0 Å². The molecule has 4 atom stereocenters. The van der Waals surface area contributed by atoms with Gasteiger partial charge in [0, 0.05) is 17.4 Å². The fourth-order valence-corrected chi connectivity index (χ4v) is 3.60. The van der Waals surface area contributed by atoms with Crippen molar-refractivity contribution in [1.82, 2.24) is 5.32 Å². The minimum atomic E-state index is -0.875. The largest absolute Gasteiger partial charge is 0.481 e. The Balaban J connectivity index is 1.69. The van der Waals surface area contributed by atoms with Crippen LogP contribution < -0.4 is 5.32 Å². The van der Waals surface area contributed by atoms with Crippen LogP contribution in [0.25, 0.3) is 0 Å². The maximum atomic E-state index is 12.4. The Kier molecular flexibility index (Phi) is 3.27. The zero-order valence-electron chi connectivity index (χ0n) is 12.4. The predicted octanol–water partition coefficient (Wildman–Crippen LogP) is 2.12. The van der Waals surface area contributed by atoms with Crippen LogP contribution in [-0.2, 0) is 21.4 Å². The highest BCUT2D eigenvalue weighted by molar-refractivity contribution is 5.85. The highest BCUT2D eigenvalue weighted by Crippen LogP contribution is 2.61. The van der Waals surface area contributed by atoms with Crippen molar-refractivity contribution >= 4 is 11.9 Å². The van der Waals surface area contributed by atoms with Gasteiger partial charge in [-0.3, -0.25) is 9.59 Å². The molecule has 3 rings (SSSR count). The second-order valence-electron chi connectivity index (χ2n) is 6.49. The molecule has 112 valence electrons. The summed E-state index contributed by atoms with van der Waals surface area (Å²) in [6.45, 7) is 3.38. The first kappa shape index (κ1) is 14.1. The number of carbonyl (C=O) groups is 2. The van der Waals surface area contributed by atoms with Gasteiger partial charge in [0.05, 0.1) is 5.92 Å². The van der Waals surface area contributed by atoms with Gasteiger partial charge < -0.3 is 10.4 Å². The first-order chi connectivity index (χ1) is 9.95. The summed E-state index contributed by atoms with van der Waals surface area (Å²) in [4.78, 5) is 23.4. The number of carbonyl (C=O) groups excluding carboxylic acids is 1. The van der Waals surface area contributed by atoms with Gasteiger partial charge in [-0.25, -0.2) is 0 Å². The van der Waals surface area contributed by atoms with Crippen LogP contribution >= 0.6 is 0 Å². The van der Waals surface area contributed by atoms with Crippen molar-refractivity contribution in [2.24, 2.45) is 11.8 Å². The van der Waals surface area contributed by atoms with Crippen LogP contribution in [0.2, 0.25) is 0 Å². The zero-order chi connectivity index (χ0) is 15.2. The lowest BCUT2D eigenvalue weighted by Gasteiger charge is -2.19. The Hall–Kier alpha value is -1.84. The number of aryl methyl sites for hydroxylation is 1. The summed E-state index contributed by atoms with van der Waals surface area (Å²) in [7, 11) is 0. The van der Waals surface area contributed by atoms with E-state index in [0.717, 1.165) is 19.3 Å². The van der Waals surface area contributed by atoms with E-state index in [0.29, 0.717) is 0 Å². The van der Waals surface area contributed by atoms with Crippen molar-refractivity contribution in [3.05, 3.63) is 35.4 Å². The highest BCUT2D eigenvalue weighted by atomic mass is 16.4. The molecule has 21 heavy (non-hydrogen) atoms. The van der Waals surface area contributed by atoms with Crippen LogP contribution in [0.15, 0.2) is 24.3 Å². The summed E-state index contributed by atoms with van der Waals surface area (Å²) >= 11 is 0. The summed E-state index contributed by atoms with van der Waals surface area (Å²) in [5.41, 5.74) is 2.70. The van der Waals surface area contributed by atoms with E-state index < -0.39 is 11.9 Å². The summed E-state index contributed by atoms with van der Waals surface area (Å²) in [6.07, 6.45) is 2.97. The van der Waals surface area contributed by atoms with Gasteiger partial charge >= 0.3 is 5.97 Å². The number of carboxylic acids is 1. The predicted molar refractivity (Wildman–Crippen MR) is 79.0 cm³/mol. The number of hydrogen-bond acceptors (Lipinski definition) is 2. The van der Waals surface area contributed by atoms with Crippen LogP contribution in [-0.4, -0.2) is 23.0 Å². The molecule has 1 amide bonds. The smallest absolute Gasteiger partial charge is 0.308 e. The minimum absolute atomic E-state index is 0.00425. The van der Waals surface area contributed by atoms with Gasteiger partial charge in [-0.1, -0.05) is 24.3 Å². The van der Waals surface area contributed by atoms with E-state index in [1.807, 2.05) is 12.1 Å². The third-order valence-corrected chi connectivity index (χ3v) is 5.30. The molecule has 1 spiro atoms. The molecular weight excluding hydrogens is 266 g/mol. The topological polar surface area (TPSA) is 66.4 Å². The Morgan fingerprint density at radius 1 is 1.33 bits per heavy atom. The molecule has 4 nitrogen and oxygen atoms in total. The van der Waals surface area contributed by atoms with Crippen molar-refractivity contribution in [3.8, 4) is 0 Å². The Labute approximate surface area is 124 Å². The maximum absolute atomic E-state index is 12.4. The maximum Gasteiger partial charge on any atom is 0.308 e. The molecule has 1 aromatic rings. The minimum Gasteiger partial charge on any atom is -0.481 e. The second kappa shape index (κ2) is 4.86. The summed E-state index contributed by atoms with van der Waals surface area (Å²) in [5, 5.41) is 11.9. The second-order valence-corrected chi connectivity index (χ2v) is 6.49. The number of nitrogens with one attached hydrogen (secondary N) is 1. The number of benzene rings is 1. The van der Waals surface area contributed by atoms with E-state index in [9.17, 15) is 9.59 Å². The first-order valence-corrected chi connectivity index (χ1v) is 7.57. The van der Waals surface area contributed by atoms with Gasteiger partial charge in [0.15, 0.2) is 0 Å². The molecule has 1 aromatic carbocycles. The molecule has 2 aliphatic rings. The van der Waals surface area contributed by atoms with Crippen LogP contribution in [0, 0.1) is 11.8 Å². The average Bonchev–Trinajstić information content (AvgIpc) is 3.08. The first-order valence-electron chi connectivity index (χ1n) is 7.57. The number of fused-ring (bicyclic) bond motifs is 2.